The lowest BCUT2D eigenvalue weighted by molar-refractivity contribution is -0.598. The highest BCUT2D eigenvalue weighted by atomic mass is 35.5. The number of aromatic nitrogens is 3. The van der Waals surface area contributed by atoms with E-state index < -0.39 is 0 Å². The third-order valence-electron chi connectivity index (χ3n) is 2.57. The number of nitrogens with zero attached hydrogens (tertiary/aromatic N) is 3. The van der Waals surface area contributed by atoms with Crippen molar-refractivity contribution in [3.8, 4) is 5.82 Å². The normalized spacial score (nSPS) is 10.2. The van der Waals surface area contributed by atoms with E-state index in [1.54, 1.807) is 6.07 Å². The van der Waals surface area contributed by atoms with Crippen molar-refractivity contribution in [3.63, 3.8) is 0 Å². The van der Waals surface area contributed by atoms with Gasteiger partial charge in [0.25, 0.3) is 0 Å². The van der Waals surface area contributed by atoms with E-state index in [0.717, 1.165) is 10.9 Å². The molecule has 0 saturated carbocycles. The number of benzene rings is 1. The van der Waals surface area contributed by atoms with Crippen molar-refractivity contribution in [2.75, 3.05) is 0 Å². The van der Waals surface area contributed by atoms with E-state index in [-0.39, 0.29) is 17.7 Å². The van der Waals surface area contributed by atoms with Crippen LogP contribution >= 0.6 is 23.2 Å². The summed E-state index contributed by atoms with van der Waals surface area (Å²) in [6.07, 6.45) is 3.80. The quantitative estimate of drug-likeness (QED) is 0.475. The van der Waals surface area contributed by atoms with E-state index in [0.29, 0.717) is 10.8 Å². The average molecular weight is 313 g/mol. The monoisotopic (exact) mass is 311 g/mol. The second kappa shape index (κ2) is 5.70. The van der Waals surface area contributed by atoms with Crippen LogP contribution in [0, 0.1) is 0 Å². The number of pyridine rings is 1. The van der Waals surface area contributed by atoms with Crippen LogP contribution in [0.5, 0.6) is 0 Å². The molecule has 96 valence electrons. The molecular weight excluding hydrogens is 305 g/mol. The molecule has 0 radical (unpaired) electrons. The van der Waals surface area contributed by atoms with Crippen molar-refractivity contribution in [2.24, 2.45) is 0 Å². The number of hydrogen-bond donors (Lipinski definition) is 0. The smallest absolute Gasteiger partial charge is 0.341 e. The van der Waals surface area contributed by atoms with Crippen molar-refractivity contribution >= 4 is 34.1 Å². The molecule has 6 heteroatoms. The number of halogens is 3. The average Bonchev–Trinajstić information content (AvgIpc) is 2.39. The SMILES string of the molecule is Clc1ccc2nc(Cl)nc(-[n+]3ccccc3)c2c1.[Cl-]. The first-order valence-corrected chi connectivity index (χ1v) is 6.09. The molecule has 0 unspecified atom stereocenters. The van der Waals surface area contributed by atoms with Crippen molar-refractivity contribution in [1.29, 1.82) is 0 Å². The topological polar surface area (TPSA) is 29.7 Å². The number of hydrogen-bond acceptors (Lipinski definition) is 2. The molecule has 1 aromatic carbocycles. The number of fused-ring (bicyclic) bond motifs is 1. The summed E-state index contributed by atoms with van der Waals surface area (Å²) < 4.78 is 1.88. The lowest BCUT2D eigenvalue weighted by Crippen LogP contribution is -3.00. The standard InChI is InChI=1S/C13H8Cl2N3.ClH/c14-9-4-5-11-10(8-9)12(17-13(15)16-11)18-6-2-1-3-7-18;/h1-8H;1H/q+1;/p-1. The Labute approximate surface area is 126 Å². The van der Waals surface area contributed by atoms with Crippen LogP contribution in [-0.2, 0) is 0 Å². The second-order valence-electron chi connectivity index (χ2n) is 3.76. The summed E-state index contributed by atoms with van der Waals surface area (Å²) >= 11 is 12.0. The van der Waals surface area contributed by atoms with Crippen molar-refractivity contribution in [2.45, 2.75) is 0 Å². The fraction of sp³-hybridized carbons (Fsp3) is 0. The van der Waals surface area contributed by atoms with E-state index >= 15 is 0 Å². The maximum atomic E-state index is 6.02. The molecule has 3 aromatic rings. The van der Waals surface area contributed by atoms with Gasteiger partial charge < -0.3 is 12.4 Å². The summed E-state index contributed by atoms with van der Waals surface area (Å²) in [7, 11) is 0. The van der Waals surface area contributed by atoms with Gasteiger partial charge in [-0.05, 0) is 46.9 Å². The highest BCUT2D eigenvalue weighted by Gasteiger charge is 2.16. The van der Waals surface area contributed by atoms with Gasteiger partial charge in [-0.15, -0.1) is 0 Å². The molecule has 0 spiro atoms. The summed E-state index contributed by atoms with van der Waals surface area (Å²) in [5, 5.41) is 1.73. The van der Waals surface area contributed by atoms with E-state index in [1.165, 1.54) is 0 Å². The summed E-state index contributed by atoms with van der Waals surface area (Å²) in [5.74, 6) is 0.716. The molecule has 0 amide bonds. The Morgan fingerprint density at radius 2 is 1.68 bits per heavy atom. The molecule has 3 rings (SSSR count). The van der Waals surface area contributed by atoms with Crippen LogP contribution in [0.15, 0.2) is 48.8 Å². The van der Waals surface area contributed by atoms with Crippen LogP contribution < -0.4 is 17.0 Å². The fourth-order valence-electron chi connectivity index (χ4n) is 1.79. The largest absolute Gasteiger partial charge is 1.00 e. The van der Waals surface area contributed by atoms with E-state index in [4.69, 9.17) is 23.2 Å². The minimum Gasteiger partial charge on any atom is -1.00 e. The predicted octanol–water partition coefficient (Wildman–Crippen LogP) is 0.217. The molecule has 0 bridgehead atoms. The van der Waals surface area contributed by atoms with Crippen LogP contribution in [-0.4, -0.2) is 9.97 Å². The Bertz CT molecular complexity index is 717. The molecule has 3 nitrogen and oxygen atoms in total. The van der Waals surface area contributed by atoms with E-state index in [2.05, 4.69) is 9.97 Å². The maximum Gasteiger partial charge on any atom is 0.341 e. The van der Waals surface area contributed by atoms with Gasteiger partial charge in [-0.25, -0.2) is 4.57 Å². The third kappa shape index (κ3) is 2.78. The Kier molecular flexibility index (Phi) is 4.20. The van der Waals surface area contributed by atoms with Gasteiger partial charge in [0.1, 0.15) is 0 Å². The second-order valence-corrected chi connectivity index (χ2v) is 4.53. The van der Waals surface area contributed by atoms with Crippen LogP contribution in [0.3, 0.4) is 0 Å². The molecule has 2 heterocycles. The molecular formula is C13H8Cl3N3. The predicted molar refractivity (Wildman–Crippen MR) is 71.1 cm³/mol. The lowest BCUT2D eigenvalue weighted by Gasteiger charge is -2.00. The van der Waals surface area contributed by atoms with Crippen LogP contribution in [0.25, 0.3) is 16.7 Å². The molecule has 0 fully saturated rings. The zero-order valence-electron chi connectivity index (χ0n) is 9.59. The Morgan fingerprint density at radius 3 is 2.42 bits per heavy atom. The molecule has 0 N–H and O–H groups in total. The first kappa shape index (κ1) is 14.0. The molecule has 0 atom stereocenters. The first-order valence-electron chi connectivity index (χ1n) is 5.33. The third-order valence-corrected chi connectivity index (χ3v) is 2.97. The van der Waals surface area contributed by atoms with Crippen molar-refractivity contribution in [3.05, 3.63) is 59.1 Å². The zero-order valence-corrected chi connectivity index (χ0v) is 11.9. The van der Waals surface area contributed by atoms with Gasteiger partial charge in [0.2, 0.25) is 0 Å². The zero-order chi connectivity index (χ0) is 12.5. The van der Waals surface area contributed by atoms with Crippen molar-refractivity contribution in [1.82, 2.24) is 9.97 Å². The maximum absolute atomic E-state index is 6.02. The first-order chi connectivity index (χ1) is 8.74. The molecule has 2 aromatic heterocycles. The highest BCUT2D eigenvalue weighted by molar-refractivity contribution is 6.31. The van der Waals surface area contributed by atoms with Gasteiger partial charge in [0, 0.05) is 5.02 Å². The molecule has 0 saturated heterocycles. The fourth-order valence-corrected chi connectivity index (χ4v) is 2.14. The minimum atomic E-state index is 0. The van der Waals surface area contributed by atoms with E-state index in [1.807, 2.05) is 47.3 Å². The molecule has 0 aliphatic heterocycles. The van der Waals surface area contributed by atoms with Crippen LogP contribution in [0.2, 0.25) is 10.3 Å². The van der Waals surface area contributed by atoms with Crippen LogP contribution in [0.1, 0.15) is 0 Å². The highest BCUT2D eigenvalue weighted by Crippen LogP contribution is 2.21. The molecule has 19 heavy (non-hydrogen) atoms. The van der Waals surface area contributed by atoms with Gasteiger partial charge in [-0.2, -0.15) is 4.98 Å². The van der Waals surface area contributed by atoms with Gasteiger partial charge in [-0.1, -0.05) is 17.7 Å². The molecule has 0 aliphatic rings. The van der Waals surface area contributed by atoms with Crippen LogP contribution in [0.4, 0.5) is 0 Å². The Hall–Kier alpha value is -1.42. The lowest BCUT2D eigenvalue weighted by atomic mass is 10.2. The summed E-state index contributed by atoms with van der Waals surface area (Å²) in [6.45, 7) is 0. The van der Waals surface area contributed by atoms with Gasteiger partial charge >= 0.3 is 11.1 Å². The summed E-state index contributed by atoms with van der Waals surface area (Å²) in [5.41, 5.74) is 0.769. The summed E-state index contributed by atoms with van der Waals surface area (Å²) in [6, 6.07) is 11.2. The van der Waals surface area contributed by atoms with Gasteiger partial charge in [-0.3, -0.25) is 0 Å². The minimum absolute atomic E-state index is 0. The number of rotatable bonds is 1. The Balaban J connectivity index is 0.00000133. The summed E-state index contributed by atoms with van der Waals surface area (Å²) in [4.78, 5) is 8.46. The Morgan fingerprint density at radius 1 is 0.947 bits per heavy atom. The van der Waals surface area contributed by atoms with Crippen molar-refractivity contribution < 1.29 is 17.0 Å². The van der Waals surface area contributed by atoms with Gasteiger partial charge in [0.15, 0.2) is 0 Å². The van der Waals surface area contributed by atoms with Gasteiger partial charge in [0.05, 0.1) is 23.3 Å². The molecule has 0 aliphatic carbocycles. The van der Waals surface area contributed by atoms with E-state index in [9.17, 15) is 0 Å².